The first-order valence-electron chi connectivity index (χ1n) is 7.24. The van der Waals surface area contributed by atoms with Crippen molar-refractivity contribution in [1.82, 2.24) is 5.32 Å². The molecule has 1 amide bonds. The molecule has 0 aromatic heterocycles. The van der Waals surface area contributed by atoms with Crippen LogP contribution >= 0.6 is 0 Å². The molecule has 1 aliphatic carbocycles. The number of phenols is 1. The van der Waals surface area contributed by atoms with E-state index >= 15 is 0 Å². The molecule has 4 nitrogen and oxygen atoms in total. The molecule has 3 N–H and O–H groups in total. The molecule has 0 aliphatic heterocycles. The van der Waals surface area contributed by atoms with Crippen molar-refractivity contribution in [1.29, 1.82) is 0 Å². The number of hydrogen-bond acceptors (Lipinski definition) is 3. The summed E-state index contributed by atoms with van der Waals surface area (Å²) in [6, 6.07) is 6.67. The van der Waals surface area contributed by atoms with Crippen LogP contribution in [-0.4, -0.2) is 28.3 Å². The van der Waals surface area contributed by atoms with Crippen molar-refractivity contribution in [3.63, 3.8) is 0 Å². The Morgan fingerprint density at radius 3 is 2.75 bits per heavy atom. The summed E-state index contributed by atoms with van der Waals surface area (Å²) in [7, 11) is 0. The minimum absolute atomic E-state index is 0.123. The van der Waals surface area contributed by atoms with E-state index in [9.17, 15) is 15.0 Å². The third kappa shape index (κ3) is 4.23. The van der Waals surface area contributed by atoms with E-state index in [0.29, 0.717) is 12.5 Å². The van der Waals surface area contributed by atoms with Crippen molar-refractivity contribution >= 4 is 5.91 Å². The number of rotatable bonds is 4. The topological polar surface area (TPSA) is 69.6 Å². The molecule has 0 radical (unpaired) electrons. The molecular weight excluding hydrogens is 254 g/mol. The highest BCUT2D eigenvalue weighted by Crippen LogP contribution is 2.31. The number of amides is 1. The van der Waals surface area contributed by atoms with E-state index in [1.165, 1.54) is 0 Å². The molecule has 0 atom stereocenters. The van der Waals surface area contributed by atoms with Crippen LogP contribution in [0.5, 0.6) is 5.75 Å². The molecule has 0 spiro atoms. The Bertz CT molecular complexity index is 465. The number of aromatic hydroxyl groups is 1. The fraction of sp³-hybridized carbons (Fsp3) is 0.562. The van der Waals surface area contributed by atoms with Gasteiger partial charge in [-0.1, -0.05) is 19.1 Å². The minimum atomic E-state index is -0.749. The van der Waals surface area contributed by atoms with Crippen molar-refractivity contribution in [3.8, 4) is 5.75 Å². The molecule has 0 bridgehead atoms. The van der Waals surface area contributed by atoms with Gasteiger partial charge >= 0.3 is 0 Å². The summed E-state index contributed by atoms with van der Waals surface area (Å²) in [4.78, 5) is 11.9. The van der Waals surface area contributed by atoms with Gasteiger partial charge in [0.15, 0.2) is 0 Å². The molecule has 0 heterocycles. The van der Waals surface area contributed by atoms with Gasteiger partial charge in [0, 0.05) is 6.54 Å². The van der Waals surface area contributed by atoms with E-state index in [-0.39, 0.29) is 18.1 Å². The first-order valence-corrected chi connectivity index (χ1v) is 7.24. The van der Waals surface area contributed by atoms with Crippen LogP contribution in [0.25, 0.3) is 0 Å². The van der Waals surface area contributed by atoms with E-state index in [1.807, 2.05) is 0 Å². The van der Waals surface area contributed by atoms with E-state index in [2.05, 4.69) is 12.2 Å². The van der Waals surface area contributed by atoms with Gasteiger partial charge in [0.05, 0.1) is 12.0 Å². The zero-order valence-corrected chi connectivity index (χ0v) is 11.9. The van der Waals surface area contributed by atoms with Crippen LogP contribution in [-0.2, 0) is 11.2 Å². The first kappa shape index (κ1) is 14.9. The zero-order chi connectivity index (χ0) is 14.6. The van der Waals surface area contributed by atoms with Gasteiger partial charge in [0.25, 0.3) is 0 Å². The fourth-order valence-corrected chi connectivity index (χ4v) is 2.65. The molecule has 1 aromatic rings. The summed E-state index contributed by atoms with van der Waals surface area (Å²) in [6.45, 7) is 2.51. The molecule has 1 fully saturated rings. The zero-order valence-electron chi connectivity index (χ0n) is 11.9. The van der Waals surface area contributed by atoms with Gasteiger partial charge in [0.1, 0.15) is 5.75 Å². The first-order chi connectivity index (χ1) is 9.47. The maximum Gasteiger partial charge on any atom is 0.224 e. The average molecular weight is 277 g/mol. The lowest BCUT2D eigenvalue weighted by Crippen LogP contribution is -2.45. The SMILES string of the molecule is CC1CCC(O)(CNC(=O)Cc2cccc(O)c2)CC1. The van der Waals surface area contributed by atoms with E-state index < -0.39 is 5.60 Å². The molecule has 1 saturated carbocycles. The summed E-state index contributed by atoms with van der Waals surface area (Å²) in [5, 5.41) is 22.6. The Morgan fingerprint density at radius 2 is 2.10 bits per heavy atom. The highest BCUT2D eigenvalue weighted by molar-refractivity contribution is 5.78. The van der Waals surface area contributed by atoms with Crippen molar-refractivity contribution in [2.45, 2.75) is 44.6 Å². The number of phenolic OH excluding ortho intramolecular Hbond substituents is 1. The average Bonchev–Trinajstić information content (AvgIpc) is 2.41. The van der Waals surface area contributed by atoms with Gasteiger partial charge in [-0.25, -0.2) is 0 Å². The highest BCUT2D eigenvalue weighted by Gasteiger charge is 2.31. The third-order valence-corrected chi connectivity index (χ3v) is 4.09. The van der Waals surface area contributed by atoms with Crippen molar-refractivity contribution in [2.75, 3.05) is 6.54 Å². The van der Waals surface area contributed by atoms with Crippen LogP contribution < -0.4 is 5.32 Å². The van der Waals surface area contributed by atoms with Crippen molar-refractivity contribution in [3.05, 3.63) is 29.8 Å². The minimum Gasteiger partial charge on any atom is -0.508 e. The summed E-state index contributed by atoms with van der Waals surface area (Å²) in [6.07, 6.45) is 3.75. The predicted octanol–water partition coefficient (Wildman–Crippen LogP) is 1.99. The molecule has 20 heavy (non-hydrogen) atoms. The lowest BCUT2D eigenvalue weighted by Gasteiger charge is -2.34. The normalized spacial score (nSPS) is 26.2. The lowest BCUT2D eigenvalue weighted by molar-refractivity contribution is -0.122. The molecule has 1 aliphatic rings. The lowest BCUT2D eigenvalue weighted by atomic mass is 9.79. The second-order valence-electron chi connectivity index (χ2n) is 6.03. The number of hydrogen-bond donors (Lipinski definition) is 3. The Hall–Kier alpha value is -1.55. The number of carbonyl (C=O) groups excluding carboxylic acids is 1. The molecule has 110 valence electrons. The van der Waals surface area contributed by atoms with Crippen molar-refractivity contribution < 1.29 is 15.0 Å². The highest BCUT2D eigenvalue weighted by atomic mass is 16.3. The van der Waals surface area contributed by atoms with Gasteiger partial charge in [-0.05, 0) is 49.3 Å². The second kappa shape index (κ2) is 6.27. The van der Waals surface area contributed by atoms with Gasteiger partial charge in [-0.15, -0.1) is 0 Å². The fourth-order valence-electron chi connectivity index (χ4n) is 2.65. The van der Waals surface area contributed by atoms with Gasteiger partial charge in [0.2, 0.25) is 5.91 Å². The maximum atomic E-state index is 11.9. The number of carbonyl (C=O) groups is 1. The predicted molar refractivity (Wildman–Crippen MR) is 77.4 cm³/mol. The monoisotopic (exact) mass is 277 g/mol. The third-order valence-electron chi connectivity index (χ3n) is 4.09. The van der Waals surface area contributed by atoms with Crippen LogP contribution in [0.2, 0.25) is 0 Å². The van der Waals surface area contributed by atoms with Gasteiger partial charge in [-0.3, -0.25) is 4.79 Å². The molecule has 1 aromatic carbocycles. The van der Waals surface area contributed by atoms with Crippen LogP contribution in [0.4, 0.5) is 0 Å². The standard InChI is InChI=1S/C16H23NO3/c1-12-5-7-16(20,8-6-12)11-17-15(19)10-13-3-2-4-14(18)9-13/h2-4,9,12,18,20H,5-8,10-11H2,1H3,(H,17,19). The van der Waals surface area contributed by atoms with E-state index in [1.54, 1.807) is 24.3 Å². The van der Waals surface area contributed by atoms with Crippen LogP contribution in [0, 0.1) is 5.92 Å². The summed E-state index contributed by atoms with van der Waals surface area (Å²) >= 11 is 0. The summed E-state index contributed by atoms with van der Waals surface area (Å²) in [5.41, 5.74) is 0.0211. The quantitative estimate of drug-likeness (QED) is 0.788. The van der Waals surface area contributed by atoms with Crippen LogP contribution in [0.1, 0.15) is 38.2 Å². The Labute approximate surface area is 119 Å². The second-order valence-corrected chi connectivity index (χ2v) is 6.03. The largest absolute Gasteiger partial charge is 0.508 e. The number of nitrogens with one attached hydrogen (secondary N) is 1. The number of benzene rings is 1. The van der Waals surface area contributed by atoms with Gasteiger partial charge < -0.3 is 15.5 Å². The van der Waals surface area contributed by atoms with Crippen LogP contribution in [0.3, 0.4) is 0 Å². The molecular formula is C16H23NO3. The number of aliphatic hydroxyl groups is 1. The van der Waals surface area contributed by atoms with Gasteiger partial charge in [-0.2, -0.15) is 0 Å². The van der Waals surface area contributed by atoms with Crippen LogP contribution in [0.15, 0.2) is 24.3 Å². The molecule has 0 unspecified atom stereocenters. The molecule has 2 rings (SSSR count). The smallest absolute Gasteiger partial charge is 0.224 e. The molecule has 4 heteroatoms. The van der Waals surface area contributed by atoms with E-state index in [0.717, 1.165) is 31.2 Å². The Morgan fingerprint density at radius 1 is 1.40 bits per heavy atom. The summed E-state index contributed by atoms with van der Waals surface area (Å²) in [5.74, 6) is 0.705. The van der Waals surface area contributed by atoms with E-state index in [4.69, 9.17) is 0 Å². The van der Waals surface area contributed by atoms with Crippen molar-refractivity contribution in [2.24, 2.45) is 5.92 Å². The molecule has 0 saturated heterocycles. The Kier molecular flexibility index (Phi) is 4.65. The Balaban J connectivity index is 1.80. The maximum absolute atomic E-state index is 11.9. The summed E-state index contributed by atoms with van der Waals surface area (Å²) < 4.78 is 0.